The molecule has 0 fully saturated rings. The molecule has 104 valence electrons. The van der Waals surface area contributed by atoms with Gasteiger partial charge >= 0.3 is 0 Å². The van der Waals surface area contributed by atoms with E-state index in [2.05, 4.69) is 9.97 Å². The first-order valence-electron chi connectivity index (χ1n) is 6.01. The van der Waals surface area contributed by atoms with Gasteiger partial charge in [-0.1, -0.05) is 12.1 Å². The highest BCUT2D eigenvalue weighted by Crippen LogP contribution is 2.16. The predicted octanol–water partition coefficient (Wildman–Crippen LogP) is 1.31. The van der Waals surface area contributed by atoms with Crippen LogP contribution in [0.1, 0.15) is 17.4 Å². The number of aliphatic hydroxyl groups is 1. The highest BCUT2D eigenvalue weighted by molar-refractivity contribution is 5.81. The molecule has 0 bridgehead atoms. The van der Waals surface area contributed by atoms with E-state index in [1.807, 2.05) is 0 Å². The molecule has 1 aromatic heterocycles. The quantitative estimate of drug-likeness (QED) is 0.913. The van der Waals surface area contributed by atoms with Gasteiger partial charge in [-0.3, -0.25) is 14.8 Å². The average Bonchev–Trinajstić information content (AvgIpc) is 2.47. The number of amides is 1. The molecule has 20 heavy (non-hydrogen) atoms. The highest BCUT2D eigenvalue weighted by Gasteiger charge is 2.21. The van der Waals surface area contributed by atoms with Crippen LogP contribution in [0.15, 0.2) is 42.9 Å². The van der Waals surface area contributed by atoms with Gasteiger partial charge in [-0.15, -0.1) is 0 Å². The van der Waals surface area contributed by atoms with E-state index in [-0.39, 0.29) is 6.54 Å². The number of carbonyl (C=O) groups is 1. The fraction of sp³-hybridized carbons (Fsp3) is 0.214. The standard InChI is InChI=1S/C14H14FN3O2/c1-18(9-12-8-16-6-7-17-12)14(20)13(19)10-2-4-11(15)5-3-10/h2-8,13,19H,9H2,1H3/t13-/m1/s1. The van der Waals surface area contributed by atoms with Gasteiger partial charge in [0.05, 0.1) is 18.4 Å². The molecule has 2 rings (SSSR count). The normalized spacial score (nSPS) is 11.9. The lowest BCUT2D eigenvalue weighted by Crippen LogP contribution is -2.31. The van der Waals surface area contributed by atoms with Crippen LogP contribution in [0.2, 0.25) is 0 Å². The third-order valence-corrected chi connectivity index (χ3v) is 2.81. The monoisotopic (exact) mass is 275 g/mol. The summed E-state index contributed by atoms with van der Waals surface area (Å²) in [6.45, 7) is 0.241. The molecule has 0 aliphatic rings. The number of nitrogens with zero attached hydrogens (tertiary/aromatic N) is 3. The smallest absolute Gasteiger partial charge is 0.256 e. The Kier molecular flexibility index (Phi) is 4.37. The number of hydrogen-bond acceptors (Lipinski definition) is 4. The predicted molar refractivity (Wildman–Crippen MR) is 69.9 cm³/mol. The topological polar surface area (TPSA) is 66.3 Å². The molecular formula is C14H14FN3O2. The van der Waals surface area contributed by atoms with E-state index in [4.69, 9.17) is 0 Å². The lowest BCUT2D eigenvalue weighted by Gasteiger charge is -2.20. The van der Waals surface area contributed by atoms with Crippen LogP contribution in [0, 0.1) is 5.82 Å². The molecule has 0 unspecified atom stereocenters. The number of hydrogen-bond donors (Lipinski definition) is 1. The van der Waals surface area contributed by atoms with E-state index in [0.29, 0.717) is 11.3 Å². The van der Waals surface area contributed by atoms with Crippen LogP contribution in [-0.2, 0) is 11.3 Å². The summed E-state index contributed by atoms with van der Waals surface area (Å²) in [5.74, 6) is -0.899. The molecule has 0 saturated carbocycles. The summed E-state index contributed by atoms with van der Waals surface area (Å²) in [5.41, 5.74) is 0.969. The Hall–Kier alpha value is -2.34. The van der Waals surface area contributed by atoms with Crippen molar-refractivity contribution in [3.8, 4) is 0 Å². The van der Waals surface area contributed by atoms with Crippen molar-refractivity contribution in [3.05, 3.63) is 59.9 Å². The maximum atomic E-state index is 12.8. The van der Waals surface area contributed by atoms with Gasteiger partial charge in [0.15, 0.2) is 6.10 Å². The molecule has 0 aliphatic carbocycles. The highest BCUT2D eigenvalue weighted by atomic mass is 19.1. The SMILES string of the molecule is CN(Cc1cnccn1)C(=O)[C@H](O)c1ccc(F)cc1. The molecule has 0 aliphatic heterocycles. The van der Waals surface area contributed by atoms with Crippen molar-refractivity contribution >= 4 is 5.91 Å². The molecular weight excluding hydrogens is 261 g/mol. The van der Waals surface area contributed by atoms with Crippen LogP contribution in [0.3, 0.4) is 0 Å². The zero-order valence-corrected chi connectivity index (χ0v) is 10.9. The summed E-state index contributed by atoms with van der Waals surface area (Å²) in [6, 6.07) is 5.17. The number of benzene rings is 1. The number of aliphatic hydroxyl groups excluding tert-OH is 1. The lowest BCUT2D eigenvalue weighted by molar-refractivity contribution is -0.139. The van der Waals surface area contributed by atoms with Crippen molar-refractivity contribution in [3.63, 3.8) is 0 Å². The lowest BCUT2D eigenvalue weighted by atomic mass is 10.1. The molecule has 5 nitrogen and oxygen atoms in total. The fourth-order valence-electron chi connectivity index (χ4n) is 1.73. The fourth-order valence-corrected chi connectivity index (χ4v) is 1.73. The summed E-state index contributed by atoms with van der Waals surface area (Å²) in [6.07, 6.45) is 3.30. The summed E-state index contributed by atoms with van der Waals surface area (Å²) in [5, 5.41) is 9.98. The number of rotatable bonds is 4. The number of carbonyl (C=O) groups excluding carboxylic acids is 1. The minimum absolute atomic E-state index is 0.241. The molecule has 1 N–H and O–H groups in total. The number of likely N-dealkylation sites (N-methyl/N-ethyl adjacent to an activating group) is 1. The van der Waals surface area contributed by atoms with Gasteiger partial charge in [0.2, 0.25) is 0 Å². The van der Waals surface area contributed by atoms with E-state index in [1.54, 1.807) is 19.4 Å². The average molecular weight is 275 g/mol. The van der Waals surface area contributed by atoms with Gasteiger partial charge in [0.1, 0.15) is 5.82 Å². The Morgan fingerprint density at radius 1 is 1.35 bits per heavy atom. The van der Waals surface area contributed by atoms with Crippen molar-refractivity contribution in [1.29, 1.82) is 0 Å². The summed E-state index contributed by atoms with van der Waals surface area (Å²) in [7, 11) is 1.56. The van der Waals surface area contributed by atoms with E-state index < -0.39 is 17.8 Å². The Labute approximate surface area is 115 Å². The second kappa shape index (κ2) is 6.21. The van der Waals surface area contributed by atoms with Crippen molar-refractivity contribution in [2.45, 2.75) is 12.6 Å². The Bertz CT molecular complexity index is 575. The largest absolute Gasteiger partial charge is 0.378 e. The first-order valence-corrected chi connectivity index (χ1v) is 6.01. The molecule has 1 atom stereocenters. The van der Waals surface area contributed by atoms with Crippen LogP contribution in [0.5, 0.6) is 0 Å². The molecule has 2 aromatic rings. The Balaban J connectivity index is 2.04. The van der Waals surface area contributed by atoms with Crippen molar-refractivity contribution in [2.75, 3.05) is 7.05 Å². The molecule has 1 heterocycles. The van der Waals surface area contributed by atoms with Gasteiger partial charge in [-0.05, 0) is 17.7 Å². The van der Waals surface area contributed by atoms with E-state index in [1.165, 1.54) is 35.4 Å². The van der Waals surface area contributed by atoms with E-state index >= 15 is 0 Å². The molecule has 0 saturated heterocycles. The van der Waals surface area contributed by atoms with Crippen LogP contribution in [-0.4, -0.2) is 32.9 Å². The summed E-state index contributed by atoms with van der Waals surface area (Å²) >= 11 is 0. The summed E-state index contributed by atoms with van der Waals surface area (Å²) < 4.78 is 12.8. The molecule has 1 amide bonds. The molecule has 1 aromatic carbocycles. The maximum Gasteiger partial charge on any atom is 0.256 e. The van der Waals surface area contributed by atoms with Gasteiger partial charge in [-0.25, -0.2) is 4.39 Å². The first kappa shape index (κ1) is 14.1. The van der Waals surface area contributed by atoms with Gasteiger partial charge in [0.25, 0.3) is 5.91 Å². The zero-order chi connectivity index (χ0) is 14.5. The van der Waals surface area contributed by atoms with Crippen LogP contribution in [0.25, 0.3) is 0 Å². The Morgan fingerprint density at radius 2 is 2.05 bits per heavy atom. The van der Waals surface area contributed by atoms with Gasteiger partial charge in [0, 0.05) is 19.4 Å². The maximum absolute atomic E-state index is 12.8. The third kappa shape index (κ3) is 3.36. The van der Waals surface area contributed by atoms with Crippen LogP contribution in [0.4, 0.5) is 4.39 Å². The first-order chi connectivity index (χ1) is 9.58. The second-order valence-corrected chi connectivity index (χ2v) is 4.35. The summed E-state index contributed by atoms with van der Waals surface area (Å²) in [4.78, 5) is 21.4. The van der Waals surface area contributed by atoms with Crippen molar-refractivity contribution in [2.24, 2.45) is 0 Å². The van der Waals surface area contributed by atoms with Gasteiger partial charge < -0.3 is 10.0 Å². The molecule has 0 radical (unpaired) electrons. The minimum Gasteiger partial charge on any atom is -0.378 e. The van der Waals surface area contributed by atoms with Crippen LogP contribution >= 0.6 is 0 Å². The van der Waals surface area contributed by atoms with Crippen molar-refractivity contribution < 1.29 is 14.3 Å². The van der Waals surface area contributed by atoms with Crippen LogP contribution < -0.4 is 0 Å². The zero-order valence-electron chi connectivity index (χ0n) is 10.9. The second-order valence-electron chi connectivity index (χ2n) is 4.35. The Morgan fingerprint density at radius 3 is 2.65 bits per heavy atom. The minimum atomic E-state index is -1.32. The van der Waals surface area contributed by atoms with E-state index in [9.17, 15) is 14.3 Å². The molecule has 0 spiro atoms. The number of aromatic nitrogens is 2. The van der Waals surface area contributed by atoms with Crippen molar-refractivity contribution in [1.82, 2.24) is 14.9 Å². The van der Waals surface area contributed by atoms with E-state index in [0.717, 1.165) is 0 Å². The van der Waals surface area contributed by atoms with Gasteiger partial charge in [-0.2, -0.15) is 0 Å². The third-order valence-electron chi connectivity index (χ3n) is 2.81. The number of halogens is 1. The molecule has 6 heteroatoms.